The maximum Gasteiger partial charge on any atom is 0.408 e. The number of carboxylic acid groups (broad SMARTS) is 1. The van der Waals surface area contributed by atoms with Gasteiger partial charge in [-0.3, -0.25) is 15.1 Å². The molecule has 0 saturated carbocycles. The van der Waals surface area contributed by atoms with Crippen molar-refractivity contribution in [1.82, 2.24) is 16.1 Å². The zero-order valence-corrected chi connectivity index (χ0v) is 18.3. The lowest BCUT2D eigenvalue weighted by Crippen LogP contribution is -2.53. The number of halogens is 1. The summed E-state index contributed by atoms with van der Waals surface area (Å²) < 4.78 is 5.22. The highest BCUT2D eigenvalue weighted by Gasteiger charge is 2.30. The quantitative estimate of drug-likeness (QED) is 0.390. The first kappa shape index (κ1) is 24.1. The van der Waals surface area contributed by atoms with Gasteiger partial charge in [-0.1, -0.05) is 72.3 Å². The van der Waals surface area contributed by atoms with Crippen LogP contribution < -0.4 is 16.1 Å². The molecule has 1 aliphatic rings. The lowest BCUT2D eigenvalue weighted by molar-refractivity contribution is -0.143. The van der Waals surface area contributed by atoms with Gasteiger partial charge in [-0.05, 0) is 17.2 Å². The van der Waals surface area contributed by atoms with E-state index in [1.54, 1.807) is 36.4 Å². The van der Waals surface area contributed by atoms with Gasteiger partial charge in [-0.25, -0.2) is 9.59 Å². The minimum absolute atomic E-state index is 0.0310. The van der Waals surface area contributed by atoms with Crippen molar-refractivity contribution in [1.29, 1.82) is 0 Å². The fourth-order valence-corrected chi connectivity index (χ4v) is 3.36. The Morgan fingerprint density at radius 2 is 1.64 bits per heavy atom. The molecule has 1 heterocycles. The van der Waals surface area contributed by atoms with Crippen molar-refractivity contribution in [2.24, 2.45) is 0 Å². The van der Waals surface area contributed by atoms with Gasteiger partial charge in [0.1, 0.15) is 30.0 Å². The first-order valence-corrected chi connectivity index (χ1v) is 10.6. The SMILES string of the molecule is O=C(N[C@@H](Cc1ccccc1)C(=O)N[C@@H](CC1C=C(Cl)NO1)C(=O)O)OCc1ccccc1. The van der Waals surface area contributed by atoms with Crippen LogP contribution >= 0.6 is 11.6 Å². The lowest BCUT2D eigenvalue weighted by atomic mass is 10.0. The third-order valence-corrected chi connectivity index (χ3v) is 5.03. The van der Waals surface area contributed by atoms with Gasteiger partial charge in [0.05, 0.1) is 0 Å². The average Bonchev–Trinajstić information content (AvgIpc) is 3.22. The molecule has 3 rings (SSSR count). The Labute approximate surface area is 195 Å². The van der Waals surface area contributed by atoms with E-state index in [2.05, 4.69) is 16.1 Å². The van der Waals surface area contributed by atoms with E-state index < -0.39 is 36.2 Å². The predicted molar refractivity (Wildman–Crippen MR) is 120 cm³/mol. The molecular formula is C23H24ClN3O6. The summed E-state index contributed by atoms with van der Waals surface area (Å²) in [6.07, 6.45) is 0.174. The van der Waals surface area contributed by atoms with Crippen LogP contribution in [0.4, 0.5) is 4.79 Å². The number of carbonyl (C=O) groups excluding carboxylic acids is 2. The number of benzene rings is 2. The van der Waals surface area contributed by atoms with Gasteiger partial charge in [0.2, 0.25) is 5.91 Å². The molecule has 3 atom stereocenters. The van der Waals surface area contributed by atoms with Crippen LogP contribution in [-0.4, -0.2) is 41.3 Å². The van der Waals surface area contributed by atoms with E-state index in [4.69, 9.17) is 21.2 Å². The number of alkyl carbamates (subject to hydrolysis) is 1. The largest absolute Gasteiger partial charge is 0.480 e. The molecule has 0 aromatic heterocycles. The second-order valence-electron chi connectivity index (χ2n) is 7.36. The first-order valence-electron chi connectivity index (χ1n) is 10.2. The first-order chi connectivity index (χ1) is 15.9. The molecule has 174 valence electrons. The molecule has 0 spiro atoms. The van der Waals surface area contributed by atoms with Gasteiger partial charge in [0, 0.05) is 12.8 Å². The molecule has 10 heteroatoms. The molecule has 9 nitrogen and oxygen atoms in total. The number of amides is 2. The van der Waals surface area contributed by atoms with Crippen molar-refractivity contribution in [3.8, 4) is 0 Å². The molecular weight excluding hydrogens is 450 g/mol. The summed E-state index contributed by atoms with van der Waals surface area (Å²) in [6, 6.07) is 15.8. The molecule has 2 aromatic carbocycles. The average molecular weight is 474 g/mol. The number of carboxylic acids is 1. The second-order valence-corrected chi connectivity index (χ2v) is 7.76. The monoisotopic (exact) mass is 473 g/mol. The van der Waals surface area contributed by atoms with E-state index in [0.717, 1.165) is 11.1 Å². The van der Waals surface area contributed by atoms with E-state index in [1.165, 1.54) is 6.08 Å². The van der Waals surface area contributed by atoms with Crippen LogP contribution in [0.2, 0.25) is 0 Å². The molecule has 0 radical (unpaired) electrons. The summed E-state index contributed by atoms with van der Waals surface area (Å²) in [5, 5.41) is 14.8. The van der Waals surface area contributed by atoms with Gasteiger partial charge >= 0.3 is 12.1 Å². The molecule has 2 aromatic rings. The van der Waals surface area contributed by atoms with Gasteiger partial charge in [0.25, 0.3) is 0 Å². The number of hydrogen-bond donors (Lipinski definition) is 4. The maximum absolute atomic E-state index is 13.0. The molecule has 1 aliphatic heterocycles. The van der Waals surface area contributed by atoms with Gasteiger partial charge < -0.3 is 20.5 Å². The van der Waals surface area contributed by atoms with Crippen molar-refractivity contribution < 1.29 is 29.1 Å². The fraction of sp³-hybridized carbons (Fsp3) is 0.261. The van der Waals surface area contributed by atoms with E-state index >= 15 is 0 Å². The van der Waals surface area contributed by atoms with Crippen LogP contribution in [0.3, 0.4) is 0 Å². The second kappa shape index (κ2) is 11.9. The highest BCUT2D eigenvalue weighted by Crippen LogP contribution is 2.15. The standard InChI is InChI=1S/C23H24ClN3O6/c24-20-13-17(33-27-20)12-19(22(29)30)25-21(28)18(11-15-7-3-1-4-8-15)26-23(31)32-14-16-9-5-2-6-10-16/h1-10,13,17-19,27H,11-12,14H2,(H,25,28)(H,26,31)(H,29,30)/t17?,18-,19-/m0/s1. The van der Waals surface area contributed by atoms with Crippen molar-refractivity contribution in [2.45, 2.75) is 37.6 Å². The van der Waals surface area contributed by atoms with E-state index in [9.17, 15) is 19.5 Å². The summed E-state index contributed by atoms with van der Waals surface area (Å²) in [7, 11) is 0. The highest BCUT2D eigenvalue weighted by molar-refractivity contribution is 6.29. The summed E-state index contributed by atoms with van der Waals surface area (Å²) in [5.41, 5.74) is 4.00. The number of hydrogen-bond acceptors (Lipinski definition) is 6. The van der Waals surface area contributed by atoms with Crippen LogP contribution in [0.15, 0.2) is 71.9 Å². The van der Waals surface area contributed by atoms with Gasteiger partial charge in [-0.2, -0.15) is 0 Å². The number of ether oxygens (including phenoxy) is 1. The third-order valence-electron chi connectivity index (χ3n) is 4.83. The Balaban J connectivity index is 1.65. The van der Waals surface area contributed by atoms with Crippen LogP contribution in [0.1, 0.15) is 17.5 Å². The Kier molecular flexibility index (Phi) is 8.68. The van der Waals surface area contributed by atoms with Crippen molar-refractivity contribution in [3.05, 3.63) is 83.0 Å². The fourth-order valence-electron chi connectivity index (χ4n) is 3.17. The summed E-state index contributed by atoms with van der Waals surface area (Å²) in [6.45, 7) is 0.0310. The van der Waals surface area contributed by atoms with Crippen LogP contribution in [-0.2, 0) is 32.2 Å². The van der Waals surface area contributed by atoms with E-state index in [1.807, 2.05) is 24.3 Å². The molecule has 0 fully saturated rings. The number of nitrogens with one attached hydrogen (secondary N) is 3. The number of rotatable bonds is 10. The van der Waals surface area contributed by atoms with Crippen LogP contribution in [0.5, 0.6) is 0 Å². The van der Waals surface area contributed by atoms with E-state index in [-0.39, 0.29) is 24.6 Å². The van der Waals surface area contributed by atoms with E-state index in [0.29, 0.717) is 0 Å². The van der Waals surface area contributed by atoms with Gasteiger partial charge in [0.15, 0.2) is 0 Å². The normalized spacial score (nSPS) is 16.6. The molecule has 0 aliphatic carbocycles. The number of carbonyl (C=O) groups is 3. The highest BCUT2D eigenvalue weighted by atomic mass is 35.5. The molecule has 0 bridgehead atoms. The third kappa shape index (κ3) is 7.81. The lowest BCUT2D eigenvalue weighted by Gasteiger charge is -2.22. The Hall–Kier alpha value is -3.56. The summed E-state index contributed by atoms with van der Waals surface area (Å²) in [4.78, 5) is 42.2. The molecule has 0 saturated heterocycles. The predicted octanol–water partition coefficient (Wildman–Crippen LogP) is 2.47. The van der Waals surface area contributed by atoms with Gasteiger partial charge in [-0.15, -0.1) is 0 Å². The van der Waals surface area contributed by atoms with Crippen LogP contribution in [0, 0.1) is 0 Å². The van der Waals surface area contributed by atoms with Crippen LogP contribution in [0.25, 0.3) is 0 Å². The zero-order chi connectivity index (χ0) is 23.6. The van der Waals surface area contributed by atoms with Crippen molar-refractivity contribution in [2.75, 3.05) is 0 Å². The summed E-state index contributed by atoms with van der Waals surface area (Å²) >= 11 is 5.78. The molecule has 4 N–H and O–H groups in total. The molecule has 2 amide bonds. The topological polar surface area (TPSA) is 126 Å². The minimum atomic E-state index is -1.26. The zero-order valence-electron chi connectivity index (χ0n) is 17.6. The number of aliphatic carboxylic acids is 1. The molecule has 33 heavy (non-hydrogen) atoms. The smallest absolute Gasteiger partial charge is 0.408 e. The Morgan fingerprint density at radius 3 is 2.21 bits per heavy atom. The number of hydroxylamine groups is 1. The minimum Gasteiger partial charge on any atom is -0.480 e. The molecule has 1 unspecified atom stereocenters. The Bertz CT molecular complexity index is 986. The Morgan fingerprint density at radius 1 is 1.00 bits per heavy atom. The maximum atomic E-state index is 13.0. The van der Waals surface area contributed by atoms with Crippen molar-refractivity contribution in [3.63, 3.8) is 0 Å². The summed E-state index contributed by atoms with van der Waals surface area (Å²) in [5.74, 6) is -1.91. The van der Waals surface area contributed by atoms with Crippen molar-refractivity contribution >= 4 is 29.6 Å².